The lowest BCUT2D eigenvalue weighted by atomic mass is 10.0. The molecule has 1 atom stereocenters. The van der Waals surface area contributed by atoms with Crippen molar-refractivity contribution in [2.24, 2.45) is 0 Å². The van der Waals surface area contributed by atoms with Gasteiger partial charge in [-0.3, -0.25) is 4.98 Å². The first-order valence-electron chi connectivity index (χ1n) is 8.49. The van der Waals surface area contributed by atoms with Crippen LogP contribution in [0.1, 0.15) is 24.8 Å². The lowest BCUT2D eigenvalue weighted by Gasteiger charge is -2.35. The third-order valence-corrected chi connectivity index (χ3v) is 5.52. The molecule has 6 nitrogen and oxygen atoms in total. The van der Waals surface area contributed by atoms with Gasteiger partial charge in [-0.25, -0.2) is 13.2 Å². The molecule has 0 saturated carbocycles. The predicted octanol–water partition coefficient (Wildman–Crippen LogP) is 2.34. The van der Waals surface area contributed by atoms with Crippen LogP contribution < -0.4 is 5.32 Å². The molecule has 1 aromatic carbocycles. The predicted molar refractivity (Wildman–Crippen MR) is 98.0 cm³/mol. The van der Waals surface area contributed by atoms with Crippen molar-refractivity contribution >= 4 is 26.8 Å². The molecule has 2 aromatic rings. The van der Waals surface area contributed by atoms with E-state index in [1.54, 1.807) is 11.1 Å². The van der Waals surface area contributed by atoms with Crippen LogP contribution in [0.2, 0.25) is 0 Å². The van der Waals surface area contributed by atoms with Crippen molar-refractivity contribution in [3.05, 3.63) is 42.1 Å². The first kappa shape index (κ1) is 17.7. The van der Waals surface area contributed by atoms with Crippen LogP contribution in [0, 0.1) is 0 Å². The number of para-hydroxylation sites is 1. The van der Waals surface area contributed by atoms with E-state index in [0.717, 1.165) is 35.7 Å². The first-order valence-corrected chi connectivity index (χ1v) is 10.5. The van der Waals surface area contributed by atoms with Crippen LogP contribution in [-0.4, -0.2) is 48.9 Å². The fourth-order valence-corrected chi connectivity index (χ4v) is 4.42. The van der Waals surface area contributed by atoms with Crippen LogP contribution in [-0.2, 0) is 16.4 Å². The Morgan fingerprint density at radius 2 is 2.08 bits per heavy atom. The molecule has 134 valence electrons. The molecule has 0 spiro atoms. The monoisotopic (exact) mass is 361 g/mol. The number of nitrogens with one attached hydrogen (secondary N) is 1. The van der Waals surface area contributed by atoms with E-state index < -0.39 is 9.84 Å². The summed E-state index contributed by atoms with van der Waals surface area (Å²) in [7, 11) is -3.12. The average molecular weight is 361 g/mol. The van der Waals surface area contributed by atoms with Gasteiger partial charge in [0.25, 0.3) is 0 Å². The standard InChI is InChI=1S/C18H23N3O3S/c1-25(23,24)13-16-9-2-3-11-21(16)18(22)20-12-15-7-4-6-14-8-5-10-19-17(14)15/h4-8,10,16H,2-3,9,11-13H2,1H3,(H,20,22)/t16-/m0/s1. The average Bonchev–Trinajstić information content (AvgIpc) is 2.58. The molecule has 7 heteroatoms. The van der Waals surface area contributed by atoms with E-state index in [-0.39, 0.29) is 17.8 Å². The minimum absolute atomic E-state index is 0.0241. The van der Waals surface area contributed by atoms with Gasteiger partial charge < -0.3 is 10.2 Å². The number of piperidine rings is 1. The molecule has 1 N–H and O–H groups in total. The fraction of sp³-hybridized carbons (Fsp3) is 0.444. The molecular formula is C18H23N3O3S. The Hall–Kier alpha value is -2.15. The number of sulfone groups is 1. The number of carbonyl (C=O) groups excluding carboxylic acids is 1. The Labute approximate surface area is 148 Å². The van der Waals surface area contributed by atoms with E-state index in [2.05, 4.69) is 10.3 Å². The second kappa shape index (κ2) is 7.39. The van der Waals surface area contributed by atoms with Gasteiger partial charge in [0, 0.05) is 37.0 Å². The van der Waals surface area contributed by atoms with E-state index in [9.17, 15) is 13.2 Å². The van der Waals surface area contributed by atoms with Crippen molar-refractivity contribution in [3.63, 3.8) is 0 Å². The molecule has 1 saturated heterocycles. The van der Waals surface area contributed by atoms with Gasteiger partial charge in [-0.1, -0.05) is 24.3 Å². The summed E-state index contributed by atoms with van der Waals surface area (Å²) in [6, 6.07) is 9.30. The molecule has 2 amide bonds. The number of amides is 2. The quantitative estimate of drug-likeness (QED) is 0.906. The van der Waals surface area contributed by atoms with Crippen LogP contribution in [0.3, 0.4) is 0 Å². The summed E-state index contributed by atoms with van der Waals surface area (Å²) in [5.41, 5.74) is 1.82. The maximum absolute atomic E-state index is 12.6. The summed E-state index contributed by atoms with van der Waals surface area (Å²) < 4.78 is 23.3. The summed E-state index contributed by atoms with van der Waals surface area (Å²) >= 11 is 0. The van der Waals surface area contributed by atoms with Crippen LogP contribution in [0.4, 0.5) is 4.79 Å². The third kappa shape index (κ3) is 4.48. The Morgan fingerprint density at radius 1 is 1.28 bits per heavy atom. The molecule has 1 aliphatic rings. The number of nitrogens with zero attached hydrogens (tertiary/aromatic N) is 2. The number of fused-ring (bicyclic) bond motifs is 1. The Kier molecular flexibility index (Phi) is 5.22. The lowest BCUT2D eigenvalue weighted by Crippen LogP contribution is -2.50. The van der Waals surface area contributed by atoms with Crippen molar-refractivity contribution in [1.29, 1.82) is 0 Å². The van der Waals surface area contributed by atoms with Gasteiger partial charge in [0.15, 0.2) is 0 Å². The molecule has 1 aromatic heterocycles. The number of carbonyl (C=O) groups is 1. The molecule has 0 radical (unpaired) electrons. The molecule has 0 unspecified atom stereocenters. The number of benzene rings is 1. The van der Waals surface area contributed by atoms with Crippen LogP contribution in [0.15, 0.2) is 36.5 Å². The number of pyridine rings is 1. The maximum atomic E-state index is 12.6. The Bertz CT molecular complexity index is 862. The maximum Gasteiger partial charge on any atom is 0.317 e. The fourth-order valence-electron chi connectivity index (χ4n) is 3.37. The Morgan fingerprint density at radius 3 is 2.88 bits per heavy atom. The van der Waals surface area contributed by atoms with Gasteiger partial charge in [-0.05, 0) is 30.9 Å². The second-order valence-corrected chi connectivity index (χ2v) is 8.77. The molecule has 2 heterocycles. The molecule has 0 aliphatic carbocycles. The molecule has 1 fully saturated rings. The number of rotatable bonds is 4. The van der Waals surface area contributed by atoms with E-state index >= 15 is 0 Å². The van der Waals surface area contributed by atoms with Crippen molar-refractivity contribution in [2.45, 2.75) is 31.8 Å². The van der Waals surface area contributed by atoms with E-state index in [1.165, 1.54) is 6.26 Å². The number of aromatic nitrogens is 1. The summed E-state index contributed by atoms with van der Waals surface area (Å²) in [5, 5.41) is 3.96. The number of urea groups is 1. The van der Waals surface area contributed by atoms with Crippen molar-refractivity contribution < 1.29 is 13.2 Å². The van der Waals surface area contributed by atoms with Gasteiger partial charge in [0.05, 0.1) is 11.3 Å². The minimum atomic E-state index is -3.12. The molecular weight excluding hydrogens is 338 g/mol. The lowest BCUT2D eigenvalue weighted by molar-refractivity contribution is 0.159. The SMILES string of the molecule is CS(=O)(=O)C[C@@H]1CCCCN1C(=O)NCc1cccc2cccnc12. The van der Waals surface area contributed by atoms with Crippen LogP contribution >= 0.6 is 0 Å². The topological polar surface area (TPSA) is 79.4 Å². The summed E-state index contributed by atoms with van der Waals surface area (Å²) in [6.45, 7) is 0.967. The van der Waals surface area contributed by atoms with Gasteiger partial charge >= 0.3 is 6.03 Å². The van der Waals surface area contributed by atoms with Gasteiger partial charge in [-0.15, -0.1) is 0 Å². The van der Waals surface area contributed by atoms with E-state index in [0.29, 0.717) is 13.1 Å². The summed E-state index contributed by atoms with van der Waals surface area (Å²) in [6.07, 6.45) is 5.55. The highest BCUT2D eigenvalue weighted by Gasteiger charge is 2.29. The van der Waals surface area contributed by atoms with Gasteiger partial charge in [-0.2, -0.15) is 0 Å². The molecule has 25 heavy (non-hydrogen) atoms. The number of likely N-dealkylation sites (tertiary alicyclic amines) is 1. The van der Waals surface area contributed by atoms with Gasteiger partial charge in [0.2, 0.25) is 0 Å². The highest BCUT2D eigenvalue weighted by Crippen LogP contribution is 2.19. The van der Waals surface area contributed by atoms with Crippen LogP contribution in [0.25, 0.3) is 10.9 Å². The summed E-state index contributed by atoms with van der Waals surface area (Å²) in [4.78, 5) is 18.7. The van der Waals surface area contributed by atoms with Crippen molar-refractivity contribution in [3.8, 4) is 0 Å². The zero-order valence-electron chi connectivity index (χ0n) is 14.3. The Balaban J connectivity index is 1.70. The third-order valence-electron chi connectivity index (χ3n) is 4.53. The zero-order chi connectivity index (χ0) is 17.9. The highest BCUT2D eigenvalue weighted by atomic mass is 32.2. The number of hydrogen-bond acceptors (Lipinski definition) is 4. The molecule has 0 bridgehead atoms. The van der Waals surface area contributed by atoms with E-state index in [4.69, 9.17) is 0 Å². The summed E-state index contributed by atoms with van der Waals surface area (Å²) in [5.74, 6) is 0.0241. The zero-order valence-corrected chi connectivity index (χ0v) is 15.1. The van der Waals surface area contributed by atoms with Crippen molar-refractivity contribution in [2.75, 3.05) is 18.6 Å². The molecule has 3 rings (SSSR count). The van der Waals surface area contributed by atoms with Gasteiger partial charge in [0.1, 0.15) is 9.84 Å². The second-order valence-electron chi connectivity index (χ2n) is 6.59. The first-order chi connectivity index (χ1) is 11.9. The molecule has 1 aliphatic heterocycles. The number of hydrogen-bond donors (Lipinski definition) is 1. The normalized spacial score (nSPS) is 18.3. The highest BCUT2D eigenvalue weighted by molar-refractivity contribution is 7.90. The van der Waals surface area contributed by atoms with Crippen molar-refractivity contribution in [1.82, 2.24) is 15.2 Å². The minimum Gasteiger partial charge on any atom is -0.334 e. The smallest absolute Gasteiger partial charge is 0.317 e. The largest absolute Gasteiger partial charge is 0.334 e. The van der Waals surface area contributed by atoms with Crippen LogP contribution in [0.5, 0.6) is 0 Å². The van der Waals surface area contributed by atoms with E-state index in [1.807, 2.05) is 30.3 Å².